The highest BCUT2D eigenvalue weighted by molar-refractivity contribution is 5.37. The largest absolute Gasteiger partial charge is 0.383 e. The number of nitrogens with one attached hydrogen (secondary N) is 1. The highest BCUT2D eigenvalue weighted by Gasteiger charge is 2.18. The fourth-order valence-corrected chi connectivity index (χ4v) is 2.87. The van der Waals surface area contributed by atoms with Crippen molar-refractivity contribution < 1.29 is 4.74 Å². The van der Waals surface area contributed by atoms with Crippen molar-refractivity contribution in [2.75, 3.05) is 39.9 Å². The van der Waals surface area contributed by atoms with E-state index in [4.69, 9.17) is 10.00 Å². The van der Waals surface area contributed by atoms with Crippen molar-refractivity contribution in [1.29, 1.82) is 5.26 Å². The summed E-state index contributed by atoms with van der Waals surface area (Å²) in [5.74, 6) is 0. The lowest BCUT2D eigenvalue weighted by Gasteiger charge is -2.33. The van der Waals surface area contributed by atoms with Crippen LogP contribution < -0.4 is 5.32 Å². The number of hydrogen-bond donors (Lipinski definition) is 1. The van der Waals surface area contributed by atoms with Crippen molar-refractivity contribution in [3.05, 3.63) is 34.9 Å². The Hall–Kier alpha value is -1.41. The molecule has 1 atom stereocenters. The molecule has 0 radical (unpaired) electrons. The van der Waals surface area contributed by atoms with Crippen molar-refractivity contribution in [2.45, 2.75) is 39.7 Å². The van der Waals surface area contributed by atoms with E-state index in [0.29, 0.717) is 6.04 Å². The van der Waals surface area contributed by atoms with Crippen LogP contribution in [0.5, 0.6) is 0 Å². The Balaban J connectivity index is 0.00000127. The summed E-state index contributed by atoms with van der Waals surface area (Å²) in [4.78, 5) is 2.48. The van der Waals surface area contributed by atoms with Gasteiger partial charge in [0, 0.05) is 39.3 Å². The molecule has 1 aliphatic heterocycles. The van der Waals surface area contributed by atoms with E-state index in [1.165, 1.54) is 11.1 Å². The van der Waals surface area contributed by atoms with Gasteiger partial charge in [-0.25, -0.2) is 0 Å². The van der Waals surface area contributed by atoms with Crippen molar-refractivity contribution in [1.82, 2.24) is 10.2 Å². The number of piperazine rings is 1. The Labute approximate surface area is 141 Å². The van der Waals surface area contributed by atoms with Gasteiger partial charge in [-0.05, 0) is 36.1 Å². The number of rotatable bonds is 6. The molecule has 1 aromatic carbocycles. The molecular formula is C19H31N3O. The molecule has 1 aliphatic rings. The summed E-state index contributed by atoms with van der Waals surface area (Å²) in [6, 6.07) is 8.94. The van der Waals surface area contributed by atoms with E-state index in [0.717, 1.165) is 51.2 Å². The lowest BCUT2D eigenvalue weighted by Crippen LogP contribution is -2.52. The van der Waals surface area contributed by atoms with Crippen LogP contribution in [0.4, 0.5) is 0 Å². The minimum Gasteiger partial charge on any atom is -0.383 e. The lowest BCUT2D eigenvalue weighted by molar-refractivity contribution is 0.116. The fraction of sp³-hybridized carbons (Fsp3) is 0.632. The normalized spacial score (nSPS) is 18.0. The molecule has 1 N–H and O–H groups in total. The number of nitrogens with zero attached hydrogens (tertiary/aromatic N) is 2. The summed E-state index contributed by atoms with van der Waals surface area (Å²) < 4.78 is 5.23. The van der Waals surface area contributed by atoms with Crippen LogP contribution in [0.1, 0.15) is 37.5 Å². The zero-order chi connectivity index (χ0) is 17.1. The molecule has 128 valence electrons. The van der Waals surface area contributed by atoms with Gasteiger partial charge in [0.05, 0.1) is 18.2 Å². The molecule has 1 heterocycles. The number of hydrogen-bond acceptors (Lipinski definition) is 4. The molecule has 0 aliphatic carbocycles. The SMILES string of the molecule is CC.CCc1cc(C#N)cc(CCN2CCNC(COC)C2)c1. The Morgan fingerprint density at radius 2 is 2.04 bits per heavy atom. The van der Waals surface area contributed by atoms with Gasteiger partial charge in [0.1, 0.15) is 0 Å². The third kappa shape index (κ3) is 6.70. The number of nitriles is 1. The van der Waals surface area contributed by atoms with Crippen LogP contribution >= 0.6 is 0 Å². The monoisotopic (exact) mass is 317 g/mol. The van der Waals surface area contributed by atoms with E-state index >= 15 is 0 Å². The quantitative estimate of drug-likeness (QED) is 0.876. The molecule has 0 spiro atoms. The van der Waals surface area contributed by atoms with Gasteiger partial charge in [0.25, 0.3) is 0 Å². The topological polar surface area (TPSA) is 48.3 Å². The molecule has 0 bridgehead atoms. The summed E-state index contributed by atoms with van der Waals surface area (Å²) in [5, 5.41) is 12.6. The van der Waals surface area contributed by atoms with Crippen molar-refractivity contribution in [3.8, 4) is 6.07 Å². The van der Waals surface area contributed by atoms with E-state index in [1.54, 1.807) is 7.11 Å². The summed E-state index contributed by atoms with van der Waals surface area (Å²) in [6.45, 7) is 11.1. The highest BCUT2D eigenvalue weighted by atomic mass is 16.5. The van der Waals surface area contributed by atoms with Gasteiger partial charge in [-0.15, -0.1) is 0 Å². The maximum atomic E-state index is 9.11. The van der Waals surface area contributed by atoms with Gasteiger partial charge in [-0.2, -0.15) is 5.26 Å². The van der Waals surface area contributed by atoms with Gasteiger partial charge in [0.15, 0.2) is 0 Å². The van der Waals surface area contributed by atoms with Crippen LogP contribution in [-0.4, -0.2) is 50.8 Å². The summed E-state index contributed by atoms with van der Waals surface area (Å²) in [5.41, 5.74) is 3.30. The molecule has 4 nitrogen and oxygen atoms in total. The molecule has 0 amide bonds. The van der Waals surface area contributed by atoms with Gasteiger partial charge in [0.2, 0.25) is 0 Å². The van der Waals surface area contributed by atoms with E-state index < -0.39 is 0 Å². The molecule has 1 unspecified atom stereocenters. The predicted molar refractivity (Wildman–Crippen MR) is 95.7 cm³/mol. The lowest BCUT2D eigenvalue weighted by atomic mass is 10.0. The fourth-order valence-electron chi connectivity index (χ4n) is 2.87. The summed E-state index contributed by atoms with van der Waals surface area (Å²) in [6.07, 6.45) is 1.98. The molecular weight excluding hydrogens is 286 g/mol. The number of aryl methyl sites for hydroxylation is 1. The standard InChI is InChI=1S/C17H25N3O.C2H6/c1-3-14-8-15(10-16(9-14)11-18)4-6-20-7-5-19-17(12-20)13-21-2;1-2/h8-10,17,19H,3-7,12-13H2,1-2H3;1-2H3. The van der Waals surface area contributed by atoms with E-state index in [-0.39, 0.29) is 0 Å². The molecule has 23 heavy (non-hydrogen) atoms. The second kappa shape index (κ2) is 11.2. The smallest absolute Gasteiger partial charge is 0.0991 e. The summed E-state index contributed by atoms with van der Waals surface area (Å²) in [7, 11) is 1.75. The Kier molecular flexibility index (Phi) is 9.54. The van der Waals surface area contributed by atoms with Crippen molar-refractivity contribution in [2.24, 2.45) is 0 Å². The molecule has 4 heteroatoms. The number of benzene rings is 1. The van der Waals surface area contributed by atoms with Crippen LogP contribution in [-0.2, 0) is 17.6 Å². The first-order valence-electron chi connectivity index (χ1n) is 8.72. The number of methoxy groups -OCH3 is 1. The first-order chi connectivity index (χ1) is 11.2. The van der Waals surface area contributed by atoms with Crippen molar-refractivity contribution in [3.63, 3.8) is 0 Å². The van der Waals surface area contributed by atoms with E-state index in [2.05, 4.69) is 29.3 Å². The molecule has 1 aromatic rings. The Morgan fingerprint density at radius 1 is 1.30 bits per heavy atom. The van der Waals surface area contributed by atoms with Crippen LogP contribution in [0, 0.1) is 11.3 Å². The third-order valence-corrected chi connectivity index (χ3v) is 4.01. The molecule has 2 rings (SSSR count). The number of ether oxygens (including phenoxy) is 1. The van der Waals surface area contributed by atoms with E-state index in [9.17, 15) is 0 Å². The van der Waals surface area contributed by atoms with Crippen LogP contribution in [0.15, 0.2) is 18.2 Å². The molecule has 1 fully saturated rings. The first-order valence-corrected chi connectivity index (χ1v) is 8.72. The second-order valence-electron chi connectivity index (χ2n) is 5.66. The van der Waals surface area contributed by atoms with Crippen LogP contribution in [0.3, 0.4) is 0 Å². The highest BCUT2D eigenvalue weighted by Crippen LogP contribution is 2.12. The zero-order valence-electron chi connectivity index (χ0n) is 15.1. The molecule has 0 saturated carbocycles. The van der Waals surface area contributed by atoms with Gasteiger partial charge < -0.3 is 15.0 Å². The minimum absolute atomic E-state index is 0.431. The van der Waals surface area contributed by atoms with Gasteiger partial charge in [-0.1, -0.05) is 26.8 Å². The average Bonchev–Trinajstić information content (AvgIpc) is 2.62. The second-order valence-corrected chi connectivity index (χ2v) is 5.66. The maximum Gasteiger partial charge on any atom is 0.0991 e. The minimum atomic E-state index is 0.431. The summed E-state index contributed by atoms with van der Waals surface area (Å²) >= 11 is 0. The molecule has 0 aromatic heterocycles. The third-order valence-electron chi connectivity index (χ3n) is 4.01. The van der Waals surface area contributed by atoms with Crippen molar-refractivity contribution >= 4 is 0 Å². The Bertz CT molecular complexity index is 494. The van der Waals surface area contributed by atoms with Gasteiger partial charge >= 0.3 is 0 Å². The molecule has 1 saturated heterocycles. The first kappa shape index (κ1) is 19.6. The zero-order valence-corrected chi connectivity index (χ0v) is 15.1. The van der Waals surface area contributed by atoms with Crippen LogP contribution in [0.25, 0.3) is 0 Å². The van der Waals surface area contributed by atoms with E-state index in [1.807, 2.05) is 26.0 Å². The average molecular weight is 317 g/mol. The maximum absolute atomic E-state index is 9.11. The Morgan fingerprint density at radius 3 is 2.70 bits per heavy atom. The van der Waals surface area contributed by atoms with Crippen LogP contribution in [0.2, 0.25) is 0 Å². The predicted octanol–water partition coefficient (Wildman–Crippen LogP) is 2.61. The van der Waals surface area contributed by atoms with Gasteiger partial charge in [-0.3, -0.25) is 0 Å².